The lowest BCUT2D eigenvalue weighted by Gasteiger charge is -2.14. The second kappa shape index (κ2) is 20.9. The number of hydrogen-bond acceptors (Lipinski definition) is 3. The minimum Gasteiger partial charge on any atom is -0.385 e. The van der Waals surface area contributed by atoms with Gasteiger partial charge in [0, 0.05) is 37.9 Å². The van der Waals surface area contributed by atoms with E-state index in [0.717, 1.165) is 49.0 Å². The van der Waals surface area contributed by atoms with Crippen LogP contribution in [-0.4, -0.2) is 31.2 Å². The third-order valence-corrected chi connectivity index (χ3v) is 6.73. The van der Waals surface area contributed by atoms with E-state index in [-0.39, 0.29) is 5.91 Å². The number of carbonyl (C=O) groups is 1. The predicted octanol–water partition coefficient (Wildman–Crippen LogP) is 7.97. The second-order valence-corrected chi connectivity index (χ2v) is 9.78. The number of benzene rings is 1. The van der Waals surface area contributed by atoms with Gasteiger partial charge in [-0.1, -0.05) is 115 Å². The van der Waals surface area contributed by atoms with E-state index in [0.29, 0.717) is 18.0 Å². The lowest BCUT2D eigenvalue weighted by Crippen LogP contribution is -2.24. The molecule has 194 valence electrons. The highest BCUT2D eigenvalue weighted by Gasteiger charge is 2.09. The Morgan fingerprint density at radius 3 is 2.00 bits per heavy atom. The SMILES string of the molecule is CCCCCCCCCCCCCCCC(=O)Nc1cc(C(=S)NCCCOC)ccc1CC. The number of unbranched alkanes of at least 4 members (excludes halogenated alkanes) is 12. The van der Waals surface area contributed by atoms with Gasteiger partial charge in [-0.3, -0.25) is 4.79 Å². The molecular formula is C29H50N2O2S. The maximum Gasteiger partial charge on any atom is 0.224 e. The fraction of sp³-hybridized carbons (Fsp3) is 0.724. The minimum atomic E-state index is 0.105. The molecule has 0 aliphatic rings. The van der Waals surface area contributed by atoms with Crippen LogP contribution >= 0.6 is 12.2 Å². The second-order valence-electron chi connectivity index (χ2n) is 9.37. The highest BCUT2D eigenvalue weighted by atomic mass is 32.1. The van der Waals surface area contributed by atoms with E-state index >= 15 is 0 Å². The Labute approximate surface area is 215 Å². The van der Waals surface area contributed by atoms with Gasteiger partial charge in [0.25, 0.3) is 0 Å². The number of thiocarbonyl (C=S) groups is 1. The first-order valence-electron chi connectivity index (χ1n) is 13.8. The molecule has 1 aromatic rings. The van der Waals surface area contributed by atoms with Crippen LogP contribution in [-0.2, 0) is 16.0 Å². The van der Waals surface area contributed by atoms with Crippen molar-refractivity contribution < 1.29 is 9.53 Å². The quantitative estimate of drug-likeness (QED) is 0.135. The molecule has 0 aromatic heterocycles. The number of nitrogens with one attached hydrogen (secondary N) is 2. The Kier molecular flexibility index (Phi) is 18.8. The van der Waals surface area contributed by atoms with Crippen LogP contribution in [0.3, 0.4) is 0 Å². The third-order valence-electron chi connectivity index (χ3n) is 6.35. The fourth-order valence-electron chi connectivity index (χ4n) is 4.18. The number of aryl methyl sites for hydroxylation is 1. The van der Waals surface area contributed by atoms with Crippen molar-refractivity contribution in [2.45, 2.75) is 117 Å². The first kappa shape index (κ1) is 30.6. The highest BCUT2D eigenvalue weighted by Crippen LogP contribution is 2.20. The maximum absolute atomic E-state index is 12.5. The van der Waals surface area contributed by atoms with Crippen molar-refractivity contribution in [1.29, 1.82) is 0 Å². The van der Waals surface area contributed by atoms with Crippen molar-refractivity contribution in [2.75, 3.05) is 25.6 Å². The Balaban J connectivity index is 2.22. The third kappa shape index (κ3) is 14.7. The Morgan fingerprint density at radius 1 is 0.853 bits per heavy atom. The highest BCUT2D eigenvalue weighted by molar-refractivity contribution is 7.80. The lowest BCUT2D eigenvalue weighted by atomic mass is 10.0. The number of rotatable bonds is 21. The van der Waals surface area contributed by atoms with E-state index in [1.54, 1.807) is 7.11 Å². The van der Waals surface area contributed by atoms with Crippen LogP contribution in [0.25, 0.3) is 0 Å². The summed E-state index contributed by atoms with van der Waals surface area (Å²) in [6, 6.07) is 6.11. The summed E-state index contributed by atoms with van der Waals surface area (Å²) in [7, 11) is 1.70. The van der Waals surface area contributed by atoms with Gasteiger partial charge in [-0.2, -0.15) is 0 Å². The molecule has 0 aliphatic carbocycles. The van der Waals surface area contributed by atoms with Crippen LogP contribution in [0.1, 0.15) is 121 Å². The molecule has 0 spiro atoms. The number of anilines is 1. The molecule has 0 fully saturated rings. The summed E-state index contributed by atoms with van der Waals surface area (Å²) in [5, 5.41) is 6.40. The van der Waals surface area contributed by atoms with Gasteiger partial charge < -0.3 is 15.4 Å². The van der Waals surface area contributed by atoms with Crippen LogP contribution in [0.15, 0.2) is 18.2 Å². The number of amides is 1. The normalized spacial score (nSPS) is 10.9. The van der Waals surface area contributed by atoms with E-state index in [2.05, 4.69) is 30.5 Å². The van der Waals surface area contributed by atoms with Crippen LogP contribution in [0.4, 0.5) is 5.69 Å². The maximum atomic E-state index is 12.5. The summed E-state index contributed by atoms with van der Waals surface area (Å²) in [6.45, 7) is 5.88. The Morgan fingerprint density at radius 2 is 1.44 bits per heavy atom. The van der Waals surface area contributed by atoms with Gasteiger partial charge in [-0.25, -0.2) is 0 Å². The smallest absolute Gasteiger partial charge is 0.224 e. The molecule has 0 bridgehead atoms. The van der Waals surface area contributed by atoms with Gasteiger partial charge in [-0.05, 0) is 30.9 Å². The van der Waals surface area contributed by atoms with Crippen molar-refractivity contribution in [3.63, 3.8) is 0 Å². The minimum absolute atomic E-state index is 0.105. The molecule has 0 atom stereocenters. The standard InChI is InChI=1S/C29H50N2O2S/c1-4-6-7-8-9-10-11-12-13-14-15-16-17-19-28(32)31-27-24-26(21-20-25(27)5-2)29(34)30-22-18-23-33-3/h20-21,24H,4-19,22-23H2,1-3H3,(H,30,34)(H,31,32). The van der Waals surface area contributed by atoms with Crippen LogP contribution < -0.4 is 10.6 Å². The van der Waals surface area contributed by atoms with Crippen molar-refractivity contribution in [3.05, 3.63) is 29.3 Å². The van der Waals surface area contributed by atoms with Crippen molar-refractivity contribution in [2.24, 2.45) is 0 Å². The van der Waals surface area contributed by atoms with Gasteiger partial charge >= 0.3 is 0 Å². The van der Waals surface area contributed by atoms with E-state index in [1.165, 1.54) is 70.6 Å². The van der Waals surface area contributed by atoms with E-state index in [1.807, 2.05) is 12.1 Å². The molecular weight excluding hydrogens is 440 g/mol. The fourth-order valence-corrected chi connectivity index (χ4v) is 4.41. The first-order valence-corrected chi connectivity index (χ1v) is 14.2. The lowest BCUT2D eigenvalue weighted by molar-refractivity contribution is -0.116. The van der Waals surface area contributed by atoms with Crippen molar-refractivity contribution >= 4 is 28.8 Å². The number of ether oxygens (including phenoxy) is 1. The number of hydrogen-bond donors (Lipinski definition) is 2. The van der Waals surface area contributed by atoms with Gasteiger partial charge in [0.1, 0.15) is 4.99 Å². The molecule has 5 heteroatoms. The molecule has 1 aromatic carbocycles. The number of methoxy groups -OCH3 is 1. The van der Waals surface area contributed by atoms with Crippen molar-refractivity contribution in [1.82, 2.24) is 5.32 Å². The molecule has 0 saturated heterocycles. The Bertz CT molecular complexity index is 678. The Hall–Kier alpha value is -1.46. The molecule has 0 aliphatic heterocycles. The average molecular weight is 491 g/mol. The van der Waals surface area contributed by atoms with Crippen molar-refractivity contribution in [3.8, 4) is 0 Å². The van der Waals surface area contributed by atoms with E-state index in [4.69, 9.17) is 17.0 Å². The van der Waals surface area contributed by atoms with Crippen LogP contribution in [0, 0.1) is 0 Å². The summed E-state index contributed by atoms with van der Waals surface area (Å²) >= 11 is 5.52. The molecule has 2 N–H and O–H groups in total. The van der Waals surface area contributed by atoms with E-state index in [9.17, 15) is 4.79 Å². The summed E-state index contributed by atoms with van der Waals surface area (Å²) < 4.78 is 5.08. The average Bonchev–Trinajstić information content (AvgIpc) is 2.84. The van der Waals surface area contributed by atoms with Gasteiger partial charge in [0.15, 0.2) is 0 Å². The van der Waals surface area contributed by atoms with Crippen LogP contribution in [0.2, 0.25) is 0 Å². The van der Waals surface area contributed by atoms with Gasteiger partial charge in [-0.15, -0.1) is 0 Å². The predicted molar refractivity (Wildman–Crippen MR) is 151 cm³/mol. The summed E-state index contributed by atoms with van der Waals surface area (Å²) in [5.41, 5.74) is 2.98. The molecule has 0 saturated carbocycles. The summed E-state index contributed by atoms with van der Waals surface area (Å²) in [5.74, 6) is 0.105. The molecule has 0 unspecified atom stereocenters. The molecule has 1 rings (SSSR count). The zero-order valence-corrected chi connectivity index (χ0v) is 23.0. The molecule has 34 heavy (non-hydrogen) atoms. The topological polar surface area (TPSA) is 50.4 Å². The van der Waals surface area contributed by atoms with Crippen LogP contribution in [0.5, 0.6) is 0 Å². The molecule has 1 amide bonds. The molecule has 0 heterocycles. The van der Waals surface area contributed by atoms with Gasteiger partial charge in [0.05, 0.1) is 0 Å². The molecule has 4 nitrogen and oxygen atoms in total. The first-order chi connectivity index (χ1) is 16.6. The van der Waals surface area contributed by atoms with E-state index < -0.39 is 0 Å². The molecule has 0 radical (unpaired) electrons. The zero-order chi connectivity index (χ0) is 24.9. The largest absolute Gasteiger partial charge is 0.385 e. The summed E-state index contributed by atoms with van der Waals surface area (Å²) in [6.07, 6.45) is 19.5. The number of carbonyl (C=O) groups excluding carboxylic acids is 1. The summed E-state index contributed by atoms with van der Waals surface area (Å²) in [4.78, 5) is 13.2. The van der Waals surface area contributed by atoms with Gasteiger partial charge in [0.2, 0.25) is 5.91 Å². The monoisotopic (exact) mass is 490 g/mol. The zero-order valence-electron chi connectivity index (χ0n) is 22.2.